The van der Waals surface area contributed by atoms with E-state index in [1.165, 1.54) is 10.5 Å². The normalized spacial score (nSPS) is 17.3. The molecule has 15 heavy (non-hydrogen) atoms. The average Bonchev–Trinajstić information content (AvgIpc) is 2.47. The Kier molecular flexibility index (Phi) is 2.94. The molecule has 0 bridgehead atoms. The molecule has 0 unspecified atom stereocenters. The largest absolute Gasteiger partial charge is 0.476 e. The third-order valence-corrected chi connectivity index (χ3v) is 3.52. The zero-order valence-corrected chi connectivity index (χ0v) is 10.1. The molecule has 82 valence electrons. The minimum atomic E-state index is -0.116. The molecule has 0 saturated carbocycles. The summed E-state index contributed by atoms with van der Waals surface area (Å²) < 4.78 is 5.85. The van der Waals surface area contributed by atoms with Gasteiger partial charge in [-0.3, -0.25) is 0 Å². The lowest BCUT2D eigenvalue weighted by Gasteiger charge is -2.15. The molecule has 1 aliphatic rings. The summed E-state index contributed by atoms with van der Waals surface area (Å²) in [6.07, 6.45) is 2.08. The monoisotopic (exact) mass is 223 g/mol. The maximum absolute atomic E-state index is 5.85. The van der Waals surface area contributed by atoms with Crippen molar-refractivity contribution in [3.8, 4) is 5.75 Å². The van der Waals surface area contributed by atoms with Gasteiger partial charge >= 0.3 is 0 Å². The number of ether oxygens (including phenoxy) is 1. The summed E-state index contributed by atoms with van der Waals surface area (Å²) in [7, 11) is 0. The number of fused-ring (bicyclic) bond motifs is 1. The molecule has 0 radical (unpaired) electrons. The van der Waals surface area contributed by atoms with E-state index >= 15 is 0 Å². The smallest absolute Gasteiger partial charge is 0.153 e. The molecule has 2 rings (SSSR count). The van der Waals surface area contributed by atoms with Gasteiger partial charge in [0.25, 0.3) is 0 Å². The summed E-state index contributed by atoms with van der Waals surface area (Å²) in [6, 6.07) is 6.47. The van der Waals surface area contributed by atoms with Crippen molar-refractivity contribution in [2.24, 2.45) is 5.73 Å². The van der Waals surface area contributed by atoms with E-state index in [9.17, 15) is 0 Å². The second-order valence-electron chi connectivity index (χ2n) is 4.28. The first-order chi connectivity index (χ1) is 7.11. The lowest BCUT2D eigenvalue weighted by Crippen LogP contribution is -2.18. The molecule has 0 saturated heterocycles. The van der Waals surface area contributed by atoms with Gasteiger partial charge in [0.15, 0.2) is 4.93 Å². The highest BCUT2D eigenvalue weighted by atomic mass is 32.2. The molecule has 2 nitrogen and oxygen atoms in total. The standard InChI is InChI=1S/C12H17NOS/c1-12(2)14-10-8-9(4-3-7-13)5-6-11(10)15-12/h5-6,8H,3-4,7,13H2,1-2H3. The molecule has 0 spiro atoms. The molecule has 0 amide bonds. The quantitative estimate of drug-likeness (QED) is 0.855. The van der Waals surface area contributed by atoms with Crippen molar-refractivity contribution in [2.45, 2.75) is 36.5 Å². The zero-order valence-electron chi connectivity index (χ0n) is 9.25. The van der Waals surface area contributed by atoms with Crippen LogP contribution in [0.25, 0.3) is 0 Å². The van der Waals surface area contributed by atoms with Gasteiger partial charge in [-0.15, -0.1) is 0 Å². The maximum Gasteiger partial charge on any atom is 0.153 e. The predicted molar refractivity (Wildman–Crippen MR) is 64.4 cm³/mol. The fourth-order valence-electron chi connectivity index (χ4n) is 1.73. The van der Waals surface area contributed by atoms with Crippen molar-refractivity contribution in [1.29, 1.82) is 0 Å². The second-order valence-corrected chi connectivity index (χ2v) is 5.90. The van der Waals surface area contributed by atoms with Crippen LogP contribution in [0.15, 0.2) is 23.1 Å². The molecular formula is C12H17NOS. The van der Waals surface area contributed by atoms with Gasteiger partial charge in [-0.25, -0.2) is 0 Å². The molecule has 0 atom stereocenters. The first-order valence-electron chi connectivity index (χ1n) is 5.32. The van der Waals surface area contributed by atoms with E-state index in [-0.39, 0.29) is 4.93 Å². The van der Waals surface area contributed by atoms with Gasteiger partial charge in [0.1, 0.15) is 5.75 Å². The minimum Gasteiger partial charge on any atom is -0.476 e. The Labute approximate surface area is 95.2 Å². The number of benzene rings is 1. The number of hydrogen-bond acceptors (Lipinski definition) is 3. The molecule has 1 aromatic carbocycles. The van der Waals surface area contributed by atoms with Gasteiger partial charge in [0.05, 0.1) is 4.90 Å². The van der Waals surface area contributed by atoms with E-state index in [0.29, 0.717) is 0 Å². The summed E-state index contributed by atoms with van der Waals surface area (Å²) in [5.74, 6) is 1.03. The van der Waals surface area contributed by atoms with Crippen LogP contribution in [0.4, 0.5) is 0 Å². The Morgan fingerprint density at radius 3 is 2.93 bits per heavy atom. The van der Waals surface area contributed by atoms with E-state index in [0.717, 1.165) is 25.1 Å². The second kappa shape index (κ2) is 4.06. The summed E-state index contributed by atoms with van der Waals surface area (Å²) >= 11 is 1.78. The van der Waals surface area contributed by atoms with Gasteiger partial charge in [-0.1, -0.05) is 17.8 Å². The van der Waals surface area contributed by atoms with E-state index in [1.807, 2.05) is 0 Å². The number of nitrogens with two attached hydrogens (primary N) is 1. The molecule has 2 N–H and O–H groups in total. The first-order valence-corrected chi connectivity index (χ1v) is 6.13. The van der Waals surface area contributed by atoms with Crippen LogP contribution in [0.2, 0.25) is 0 Å². The number of aryl methyl sites for hydroxylation is 1. The Bertz CT molecular complexity index is 363. The van der Waals surface area contributed by atoms with Crippen LogP contribution in [0.5, 0.6) is 5.75 Å². The van der Waals surface area contributed by atoms with Gasteiger partial charge < -0.3 is 10.5 Å². The molecule has 0 aliphatic carbocycles. The highest BCUT2D eigenvalue weighted by Crippen LogP contribution is 2.47. The third kappa shape index (κ3) is 2.47. The van der Waals surface area contributed by atoms with E-state index in [4.69, 9.17) is 10.5 Å². The van der Waals surface area contributed by atoms with Gasteiger partial charge in [-0.05, 0) is 50.9 Å². The van der Waals surface area contributed by atoms with E-state index < -0.39 is 0 Å². The summed E-state index contributed by atoms with van der Waals surface area (Å²) in [4.78, 5) is 1.13. The lowest BCUT2D eigenvalue weighted by molar-refractivity contribution is 0.215. The highest BCUT2D eigenvalue weighted by molar-refractivity contribution is 8.00. The van der Waals surface area contributed by atoms with Crippen LogP contribution in [-0.4, -0.2) is 11.5 Å². The Hall–Kier alpha value is -0.670. The summed E-state index contributed by atoms with van der Waals surface area (Å²) in [5.41, 5.74) is 6.81. The van der Waals surface area contributed by atoms with Crippen molar-refractivity contribution >= 4 is 11.8 Å². The van der Waals surface area contributed by atoms with Gasteiger partial charge in [0, 0.05) is 0 Å². The van der Waals surface area contributed by atoms with Crippen LogP contribution < -0.4 is 10.5 Å². The van der Waals surface area contributed by atoms with Crippen LogP contribution in [-0.2, 0) is 6.42 Å². The molecule has 1 aliphatic heterocycles. The highest BCUT2D eigenvalue weighted by Gasteiger charge is 2.30. The minimum absolute atomic E-state index is 0.116. The number of hydrogen-bond donors (Lipinski definition) is 1. The van der Waals surface area contributed by atoms with Gasteiger partial charge in [0.2, 0.25) is 0 Å². The average molecular weight is 223 g/mol. The lowest BCUT2D eigenvalue weighted by atomic mass is 10.1. The van der Waals surface area contributed by atoms with Crippen molar-refractivity contribution in [3.63, 3.8) is 0 Å². The molecule has 0 fully saturated rings. The Morgan fingerprint density at radius 1 is 1.40 bits per heavy atom. The van der Waals surface area contributed by atoms with Crippen molar-refractivity contribution < 1.29 is 4.74 Å². The molecule has 3 heteroatoms. The zero-order chi connectivity index (χ0) is 10.9. The van der Waals surface area contributed by atoms with Crippen molar-refractivity contribution in [1.82, 2.24) is 0 Å². The molecule has 0 aromatic heterocycles. The van der Waals surface area contributed by atoms with Crippen molar-refractivity contribution in [3.05, 3.63) is 23.8 Å². The van der Waals surface area contributed by atoms with Crippen LogP contribution in [0.1, 0.15) is 25.8 Å². The SMILES string of the molecule is CC1(C)Oc2cc(CCCN)ccc2S1. The van der Waals surface area contributed by atoms with Crippen LogP contribution in [0, 0.1) is 0 Å². The Balaban J connectivity index is 2.15. The van der Waals surface area contributed by atoms with E-state index in [2.05, 4.69) is 32.0 Å². The summed E-state index contributed by atoms with van der Waals surface area (Å²) in [6.45, 7) is 4.94. The molecule has 1 aromatic rings. The van der Waals surface area contributed by atoms with E-state index in [1.54, 1.807) is 11.8 Å². The molecule has 1 heterocycles. The maximum atomic E-state index is 5.85. The first kappa shape index (κ1) is 10.8. The molecular weight excluding hydrogens is 206 g/mol. The van der Waals surface area contributed by atoms with Gasteiger partial charge in [-0.2, -0.15) is 0 Å². The van der Waals surface area contributed by atoms with Crippen LogP contribution in [0.3, 0.4) is 0 Å². The fourth-order valence-corrected chi connectivity index (χ4v) is 2.73. The number of thioether (sulfide) groups is 1. The third-order valence-electron chi connectivity index (χ3n) is 2.39. The predicted octanol–water partition coefficient (Wildman–Crippen LogP) is 2.80. The Morgan fingerprint density at radius 2 is 2.20 bits per heavy atom. The number of rotatable bonds is 3. The summed E-state index contributed by atoms with van der Waals surface area (Å²) in [5, 5.41) is 0. The van der Waals surface area contributed by atoms with Crippen LogP contribution >= 0.6 is 11.8 Å². The fraction of sp³-hybridized carbons (Fsp3) is 0.500. The topological polar surface area (TPSA) is 35.2 Å². The van der Waals surface area contributed by atoms with Crippen molar-refractivity contribution in [2.75, 3.05) is 6.54 Å².